The Hall–Kier alpha value is -8.00. The van der Waals surface area contributed by atoms with Gasteiger partial charge < -0.3 is 4.74 Å². The first kappa shape index (κ1) is 43.3. The number of hydrogen-bond acceptors (Lipinski definition) is 1. The molecule has 1 nitrogen and oxygen atoms in total. The quantitative estimate of drug-likeness (QED) is 0.111. The molecule has 0 bridgehead atoms. The van der Waals surface area contributed by atoms with Crippen LogP contribution in [-0.2, 0) is 0 Å². The molecular formula is C65H54O. The van der Waals surface area contributed by atoms with Gasteiger partial charge >= 0.3 is 0 Å². The van der Waals surface area contributed by atoms with Gasteiger partial charge in [0.25, 0.3) is 0 Å². The third-order valence-corrected chi connectivity index (χ3v) is 12.2. The van der Waals surface area contributed by atoms with E-state index in [1.165, 1.54) is 77.9 Å². The Morgan fingerprint density at radius 3 is 0.682 bits per heavy atom. The highest BCUT2D eigenvalue weighted by Crippen LogP contribution is 2.33. The highest BCUT2D eigenvalue weighted by atomic mass is 16.5. The normalized spacial score (nSPS) is 11.6. The van der Waals surface area contributed by atoms with Crippen LogP contribution in [0.5, 0.6) is 11.5 Å². The molecule has 0 saturated carbocycles. The van der Waals surface area contributed by atoms with E-state index in [0.29, 0.717) is 0 Å². The van der Waals surface area contributed by atoms with Crippen molar-refractivity contribution in [1.82, 2.24) is 0 Å². The minimum Gasteiger partial charge on any atom is -0.457 e. The highest BCUT2D eigenvalue weighted by molar-refractivity contribution is 5.94. The van der Waals surface area contributed by atoms with Crippen molar-refractivity contribution in [3.05, 3.63) is 296 Å². The monoisotopic (exact) mass is 850 g/mol. The molecule has 0 amide bonds. The maximum Gasteiger partial charge on any atom is 0.127 e. The lowest BCUT2D eigenvalue weighted by molar-refractivity contribution is 0.482. The first-order chi connectivity index (χ1) is 32.2. The van der Waals surface area contributed by atoms with Crippen LogP contribution in [0.2, 0.25) is 0 Å². The third kappa shape index (κ3) is 10.7. The van der Waals surface area contributed by atoms with Crippen molar-refractivity contribution in [2.75, 3.05) is 0 Å². The number of aryl methyl sites for hydroxylation is 5. The second-order valence-corrected chi connectivity index (χ2v) is 17.4. The van der Waals surface area contributed by atoms with Gasteiger partial charge in [-0.15, -0.1) is 0 Å². The number of ether oxygens (including phenoxy) is 1. The molecule has 0 heterocycles. The summed E-state index contributed by atoms with van der Waals surface area (Å²) in [6.07, 6.45) is 6.84. The maximum atomic E-state index is 6.43. The topological polar surface area (TPSA) is 9.23 Å². The lowest BCUT2D eigenvalue weighted by Gasteiger charge is -2.13. The van der Waals surface area contributed by atoms with Crippen molar-refractivity contribution in [2.24, 2.45) is 0 Å². The van der Waals surface area contributed by atoms with Gasteiger partial charge in [-0.05, 0) is 155 Å². The molecule has 0 aromatic heterocycles. The Kier molecular flexibility index (Phi) is 13.0. The largest absolute Gasteiger partial charge is 0.457 e. The van der Waals surface area contributed by atoms with Gasteiger partial charge in [-0.1, -0.05) is 222 Å². The minimum atomic E-state index is 0.788. The summed E-state index contributed by atoms with van der Waals surface area (Å²) in [7, 11) is 0. The fraction of sp³-hybridized carbons (Fsp3) is 0.0769. The van der Waals surface area contributed by atoms with Crippen molar-refractivity contribution >= 4 is 34.9 Å². The van der Waals surface area contributed by atoms with Crippen LogP contribution in [0.25, 0.3) is 46.1 Å². The summed E-state index contributed by atoms with van der Waals surface area (Å²) in [5, 5.41) is 0. The van der Waals surface area contributed by atoms with Crippen LogP contribution in [0.4, 0.5) is 0 Å². The van der Waals surface area contributed by atoms with E-state index in [-0.39, 0.29) is 0 Å². The van der Waals surface area contributed by atoms with Crippen molar-refractivity contribution in [2.45, 2.75) is 34.6 Å². The molecule has 0 spiro atoms. The van der Waals surface area contributed by atoms with Crippen molar-refractivity contribution in [1.29, 1.82) is 0 Å². The summed E-state index contributed by atoms with van der Waals surface area (Å²) >= 11 is 0. The van der Waals surface area contributed by atoms with Crippen LogP contribution in [0.3, 0.4) is 0 Å². The number of rotatable bonds is 12. The first-order valence-corrected chi connectivity index (χ1v) is 22.8. The third-order valence-electron chi connectivity index (χ3n) is 12.2. The summed E-state index contributed by atoms with van der Waals surface area (Å²) in [5.74, 6) is 1.58. The first-order valence-electron chi connectivity index (χ1n) is 22.8. The van der Waals surface area contributed by atoms with Crippen molar-refractivity contribution < 1.29 is 4.74 Å². The second kappa shape index (κ2) is 19.8. The summed E-state index contributed by atoms with van der Waals surface area (Å²) in [4.78, 5) is 0. The Labute approximate surface area is 391 Å². The fourth-order valence-corrected chi connectivity index (χ4v) is 8.18. The van der Waals surface area contributed by atoms with Gasteiger partial charge in [-0.25, -0.2) is 0 Å². The van der Waals surface area contributed by atoms with Gasteiger partial charge in [0.2, 0.25) is 0 Å². The Balaban J connectivity index is 0.934. The van der Waals surface area contributed by atoms with Crippen LogP contribution in [-0.4, -0.2) is 0 Å². The molecule has 0 aliphatic rings. The van der Waals surface area contributed by atoms with E-state index in [0.717, 1.165) is 39.3 Å². The Morgan fingerprint density at radius 2 is 0.439 bits per heavy atom. The molecule has 0 aliphatic heterocycles. The standard InChI is InChI=1S/C65H54O/c1-45-6-16-50(17-7-45)42-64(57-26-12-48(4)13-27-57)59-34-38-61(39-35-59)66-62-40-36-60(37-41-62)65(58-28-14-49(5)15-29-58)44-52-20-32-54(33-21-52)53-30-18-51(19-31-53)43-63(55-22-8-46(2)9-23-55)56-24-10-47(3)11-25-56/h6-44H,1-5H3. The minimum absolute atomic E-state index is 0.788. The van der Waals surface area contributed by atoms with Crippen LogP contribution < -0.4 is 4.74 Å². The molecule has 9 aromatic carbocycles. The zero-order valence-corrected chi connectivity index (χ0v) is 38.4. The van der Waals surface area contributed by atoms with E-state index in [2.05, 4.69) is 271 Å². The van der Waals surface area contributed by atoms with Gasteiger partial charge in [-0.2, -0.15) is 0 Å². The second-order valence-electron chi connectivity index (χ2n) is 17.4. The zero-order chi connectivity index (χ0) is 45.4. The van der Waals surface area contributed by atoms with E-state index >= 15 is 0 Å². The van der Waals surface area contributed by atoms with Gasteiger partial charge in [0.05, 0.1) is 0 Å². The van der Waals surface area contributed by atoms with Crippen LogP contribution >= 0.6 is 0 Å². The molecule has 0 aliphatic carbocycles. The molecule has 9 aromatic rings. The molecule has 0 unspecified atom stereocenters. The van der Waals surface area contributed by atoms with Crippen molar-refractivity contribution in [3.63, 3.8) is 0 Å². The molecule has 0 N–H and O–H groups in total. The molecule has 0 radical (unpaired) electrons. The highest BCUT2D eigenvalue weighted by Gasteiger charge is 2.11. The molecule has 0 fully saturated rings. The molecule has 1 heteroatoms. The lowest BCUT2D eigenvalue weighted by Crippen LogP contribution is -1.92. The fourth-order valence-electron chi connectivity index (χ4n) is 8.18. The Morgan fingerprint density at radius 1 is 0.242 bits per heavy atom. The smallest absolute Gasteiger partial charge is 0.127 e. The van der Waals surface area contributed by atoms with E-state index in [1.54, 1.807) is 0 Å². The summed E-state index contributed by atoms with van der Waals surface area (Å²) < 4.78 is 6.43. The predicted octanol–water partition coefficient (Wildman–Crippen LogP) is 17.5. The van der Waals surface area contributed by atoms with Gasteiger partial charge in [0, 0.05) is 0 Å². The number of hydrogen-bond donors (Lipinski definition) is 0. The van der Waals surface area contributed by atoms with Gasteiger partial charge in [-0.3, -0.25) is 0 Å². The van der Waals surface area contributed by atoms with Gasteiger partial charge in [0.1, 0.15) is 11.5 Å². The zero-order valence-electron chi connectivity index (χ0n) is 38.4. The number of benzene rings is 9. The summed E-state index contributed by atoms with van der Waals surface area (Å²) in [5.41, 5.74) is 22.6. The van der Waals surface area contributed by atoms with Crippen LogP contribution in [0.1, 0.15) is 77.9 Å². The van der Waals surface area contributed by atoms with E-state index < -0.39 is 0 Å². The predicted molar refractivity (Wildman–Crippen MR) is 282 cm³/mol. The van der Waals surface area contributed by atoms with Crippen LogP contribution in [0, 0.1) is 34.6 Å². The maximum absolute atomic E-state index is 6.43. The average Bonchev–Trinajstić information content (AvgIpc) is 3.35. The molecule has 9 rings (SSSR count). The molecule has 0 atom stereocenters. The molecule has 0 saturated heterocycles. The SMILES string of the molecule is Cc1ccc(C=C(c2ccc(C)cc2)c2ccc(Oc3ccc(C(=Cc4ccc(-c5ccc(C=C(c6ccc(C)cc6)c6ccc(C)cc6)cc5)cc4)c4ccc(C)cc4)cc3)cc2)cc1. The van der Waals surface area contributed by atoms with E-state index in [1.807, 2.05) is 0 Å². The molecule has 320 valence electrons. The average molecular weight is 851 g/mol. The van der Waals surface area contributed by atoms with E-state index in [4.69, 9.17) is 4.74 Å². The molecule has 66 heavy (non-hydrogen) atoms. The van der Waals surface area contributed by atoms with Crippen molar-refractivity contribution in [3.8, 4) is 22.6 Å². The van der Waals surface area contributed by atoms with E-state index in [9.17, 15) is 0 Å². The summed E-state index contributed by atoms with van der Waals surface area (Å²) in [6, 6.07) is 78.4. The molecular weight excluding hydrogens is 797 g/mol. The summed E-state index contributed by atoms with van der Waals surface area (Å²) in [6.45, 7) is 10.6. The van der Waals surface area contributed by atoms with Gasteiger partial charge in [0.15, 0.2) is 0 Å². The van der Waals surface area contributed by atoms with Crippen LogP contribution in [0.15, 0.2) is 218 Å². The Bertz CT molecular complexity index is 3080. The lowest BCUT2D eigenvalue weighted by atomic mass is 9.93.